The minimum atomic E-state index is -3.66. The number of aryl methyl sites for hydroxylation is 1. The van der Waals surface area contributed by atoms with Gasteiger partial charge in [-0.2, -0.15) is 8.78 Å². The third kappa shape index (κ3) is 4.83. The van der Waals surface area contributed by atoms with E-state index in [1.54, 1.807) is 6.08 Å². The summed E-state index contributed by atoms with van der Waals surface area (Å²) in [5, 5.41) is 0. The summed E-state index contributed by atoms with van der Waals surface area (Å²) in [6.45, 7) is 5.51. The molecule has 2 aromatic carbocycles. The molecule has 1 nitrogen and oxygen atoms in total. The zero-order valence-corrected chi connectivity index (χ0v) is 19.7. The largest absolute Gasteiger partial charge is 0.429 e. The summed E-state index contributed by atoms with van der Waals surface area (Å²) in [4.78, 5) is 0. The topological polar surface area (TPSA) is 9.23 Å². The van der Waals surface area contributed by atoms with E-state index in [1.807, 2.05) is 6.92 Å². The molecule has 7 heteroatoms. The second-order valence-electron chi connectivity index (χ2n) is 9.64. The average molecular weight is 497 g/mol. The van der Waals surface area contributed by atoms with Crippen molar-refractivity contribution in [3.05, 3.63) is 65.2 Å². The van der Waals surface area contributed by atoms with Gasteiger partial charge in [0.1, 0.15) is 5.82 Å². The monoisotopic (exact) mass is 496 g/mol. The van der Waals surface area contributed by atoms with Gasteiger partial charge in [-0.1, -0.05) is 37.6 Å². The number of ether oxygens (including phenoxy) is 1. The lowest BCUT2D eigenvalue weighted by Gasteiger charge is -2.34. The molecule has 0 aromatic heterocycles. The molecule has 35 heavy (non-hydrogen) atoms. The van der Waals surface area contributed by atoms with Crippen LogP contribution in [0.3, 0.4) is 0 Å². The van der Waals surface area contributed by atoms with E-state index in [2.05, 4.69) is 6.58 Å². The van der Waals surface area contributed by atoms with E-state index >= 15 is 13.2 Å². The Morgan fingerprint density at radius 3 is 2.14 bits per heavy atom. The molecule has 0 aliphatic heterocycles. The third-order valence-electron chi connectivity index (χ3n) is 7.37. The minimum Gasteiger partial charge on any atom is -0.429 e. The number of halogens is 6. The lowest BCUT2D eigenvalue weighted by molar-refractivity contribution is -0.224. The van der Waals surface area contributed by atoms with Crippen molar-refractivity contribution in [1.82, 2.24) is 0 Å². The molecule has 0 heterocycles. The lowest BCUT2D eigenvalue weighted by atomic mass is 9.79. The van der Waals surface area contributed by atoms with Crippen molar-refractivity contribution in [2.45, 2.75) is 76.7 Å². The van der Waals surface area contributed by atoms with Crippen LogP contribution < -0.4 is 4.74 Å². The average Bonchev–Trinajstić information content (AvgIpc) is 2.84. The van der Waals surface area contributed by atoms with Crippen LogP contribution in [-0.2, 0) is 6.42 Å². The van der Waals surface area contributed by atoms with Crippen LogP contribution >= 0.6 is 0 Å². The Balaban J connectivity index is 1.61. The van der Waals surface area contributed by atoms with Crippen LogP contribution in [0.2, 0.25) is 0 Å². The molecule has 190 valence electrons. The van der Waals surface area contributed by atoms with Gasteiger partial charge in [-0.3, -0.25) is 0 Å². The second kappa shape index (κ2) is 10.3. The number of allylic oxidation sites excluding steroid dienone is 1. The Bertz CT molecular complexity index is 1070. The van der Waals surface area contributed by atoms with Crippen molar-refractivity contribution in [2.24, 2.45) is 11.8 Å². The van der Waals surface area contributed by atoms with Gasteiger partial charge in [-0.05, 0) is 73.6 Å². The van der Waals surface area contributed by atoms with Crippen LogP contribution in [0.5, 0.6) is 5.75 Å². The van der Waals surface area contributed by atoms with Crippen LogP contribution in [0.25, 0.3) is 11.1 Å². The van der Waals surface area contributed by atoms with Crippen molar-refractivity contribution in [1.29, 1.82) is 0 Å². The number of alkyl halides is 4. The van der Waals surface area contributed by atoms with Gasteiger partial charge in [0.05, 0.1) is 5.92 Å². The van der Waals surface area contributed by atoms with Crippen molar-refractivity contribution >= 4 is 0 Å². The van der Waals surface area contributed by atoms with Crippen molar-refractivity contribution in [2.75, 3.05) is 0 Å². The van der Waals surface area contributed by atoms with Gasteiger partial charge >= 0.3 is 6.11 Å². The zero-order chi connectivity index (χ0) is 25.3. The molecule has 2 unspecified atom stereocenters. The quantitative estimate of drug-likeness (QED) is 0.261. The highest BCUT2D eigenvalue weighted by molar-refractivity contribution is 5.76. The van der Waals surface area contributed by atoms with Crippen molar-refractivity contribution < 1.29 is 31.1 Å². The summed E-state index contributed by atoms with van der Waals surface area (Å²) < 4.78 is 95.1. The molecule has 2 aliphatic carbocycles. The van der Waals surface area contributed by atoms with E-state index in [4.69, 9.17) is 4.74 Å². The molecular formula is C28H30F6O. The Labute approximate surface area is 202 Å². The summed E-state index contributed by atoms with van der Waals surface area (Å²) in [6, 6.07) is 5.09. The highest BCUT2D eigenvalue weighted by atomic mass is 19.3. The standard InChI is InChI=1S/C28H30F6O/c1-3-5-7-16-8-11-18(12-9-16)28(33,34)35-21-15-14-20-19-13-10-17(6-4-2)24(29)22(19)26(31)27(32)23(20)25(21)30/h3,10,13-16,18,26-27H,1,4-9,11-12H2,2H3. The summed E-state index contributed by atoms with van der Waals surface area (Å²) in [5.74, 6) is -3.81. The number of rotatable bonds is 8. The molecule has 1 saturated carbocycles. The fourth-order valence-electron chi connectivity index (χ4n) is 5.42. The van der Waals surface area contributed by atoms with Gasteiger partial charge in [0.15, 0.2) is 23.9 Å². The Morgan fingerprint density at radius 2 is 1.54 bits per heavy atom. The summed E-state index contributed by atoms with van der Waals surface area (Å²) >= 11 is 0. The van der Waals surface area contributed by atoms with E-state index in [1.165, 1.54) is 18.2 Å². The molecule has 0 bridgehead atoms. The summed E-state index contributed by atoms with van der Waals surface area (Å²) in [6.07, 6.45) is -2.48. The van der Waals surface area contributed by atoms with Gasteiger partial charge < -0.3 is 4.74 Å². The fourth-order valence-corrected chi connectivity index (χ4v) is 5.42. The van der Waals surface area contributed by atoms with Crippen LogP contribution in [0.1, 0.15) is 80.9 Å². The normalized spacial score (nSPS) is 24.0. The Morgan fingerprint density at radius 1 is 0.943 bits per heavy atom. The first-order valence-electron chi connectivity index (χ1n) is 12.3. The van der Waals surface area contributed by atoms with Gasteiger partial charge in [0.25, 0.3) is 0 Å². The van der Waals surface area contributed by atoms with E-state index in [0.717, 1.165) is 18.9 Å². The predicted octanol–water partition coefficient (Wildman–Crippen LogP) is 9.36. The zero-order valence-electron chi connectivity index (χ0n) is 19.7. The van der Waals surface area contributed by atoms with E-state index in [9.17, 15) is 13.2 Å². The van der Waals surface area contributed by atoms with Gasteiger partial charge in [-0.25, -0.2) is 17.6 Å². The van der Waals surface area contributed by atoms with E-state index in [-0.39, 0.29) is 29.5 Å². The molecule has 4 rings (SSSR count). The number of benzene rings is 2. The SMILES string of the molecule is C=CCCC1CCC(C(F)(F)Oc2ccc3c(c2F)C(F)C(F)c2c-3ccc(CCC)c2F)CC1. The molecule has 2 aromatic rings. The molecule has 0 spiro atoms. The van der Waals surface area contributed by atoms with Crippen molar-refractivity contribution in [3.63, 3.8) is 0 Å². The molecule has 0 saturated heterocycles. The van der Waals surface area contributed by atoms with Gasteiger partial charge in [0.2, 0.25) is 0 Å². The first-order valence-corrected chi connectivity index (χ1v) is 12.3. The highest BCUT2D eigenvalue weighted by Gasteiger charge is 2.46. The summed E-state index contributed by atoms with van der Waals surface area (Å²) in [5.41, 5.74) is -0.950. The maximum atomic E-state index is 15.3. The smallest absolute Gasteiger partial charge is 0.400 e. The first kappa shape index (κ1) is 25.6. The minimum absolute atomic E-state index is 0.0220. The second-order valence-corrected chi connectivity index (χ2v) is 9.64. The molecule has 2 aliphatic rings. The van der Waals surface area contributed by atoms with Gasteiger partial charge in [-0.15, -0.1) is 6.58 Å². The molecule has 0 radical (unpaired) electrons. The Kier molecular flexibility index (Phi) is 7.53. The van der Waals surface area contributed by atoms with Crippen LogP contribution in [0.4, 0.5) is 26.3 Å². The van der Waals surface area contributed by atoms with E-state index in [0.29, 0.717) is 31.6 Å². The van der Waals surface area contributed by atoms with Crippen LogP contribution in [-0.4, -0.2) is 6.11 Å². The third-order valence-corrected chi connectivity index (χ3v) is 7.37. The number of hydrogen-bond acceptors (Lipinski definition) is 1. The summed E-state index contributed by atoms with van der Waals surface area (Å²) in [7, 11) is 0. The maximum Gasteiger partial charge on any atom is 0.400 e. The Hall–Kier alpha value is -2.44. The molecule has 2 atom stereocenters. The van der Waals surface area contributed by atoms with Crippen LogP contribution in [0.15, 0.2) is 36.9 Å². The predicted molar refractivity (Wildman–Crippen MR) is 124 cm³/mol. The van der Waals surface area contributed by atoms with E-state index < -0.39 is 52.9 Å². The maximum absolute atomic E-state index is 15.3. The molecular weight excluding hydrogens is 466 g/mol. The van der Waals surface area contributed by atoms with Gasteiger partial charge in [0, 0.05) is 11.1 Å². The van der Waals surface area contributed by atoms with Crippen LogP contribution in [0, 0.1) is 23.5 Å². The molecule has 0 amide bonds. The highest BCUT2D eigenvalue weighted by Crippen LogP contribution is 2.52. The molecule has 0 N–H and O–H groups in total. The first-order chi connectivity index (χ1) is 16.7. The molecule has 1 fully saturated rings. The number of hydrogen-bond donors (Lipinski definition) is 0. The number of fused-ring (bicyclic) bond motifs is 3. The fraction of sp³-hybridized carbons (Fsp3) is 0.500. The lowest BCUT2D eigenvalue weighted by Crippen LogP contribution is -2.37. The van der Waals surface area contributed by atoms with Crippen molar-refractivity contribution in [3.8, 4) is 16.9 Å².